The molecule has 8 rings (SSSR count). The van der Waals surface area contributed by atoms with E-state index in [0.29, 0.717) is 11.4 Å². The highest BCUT2D eigenvalue weighted by Gasteiger charge is 2.51. The van der Waals surface area contributed by atoms with Gasteiger partial charge in [-0.1, -0.05) is 72.8 Å². The van der Waals surface area contributed by atoms with Crippen LogP contribution in [0.4, 0.5) is 0 Å². The quantitative estimate of drug-likeness (QED) is 0.232. The van der Waals surface area contributed by atoms with Crippen molar-refractivity contribution < 1.29 is 0 Å². The summed E-state index contributed by atoms with van der Waals surface area (Å²) < 4.78 is 0. The predicted molar refractivity (Wildman–Crippen MR) is 159 cm³/mol. The zero-order valence-corrected chi connectivity index (χ0v) is 21.8. The number of nitriles is 2. The highest BCUT2D eigenvalue weighted by atomic mass is 14.7. The average molecular weight is 521 g/mol. The molecule has 0 radical (unpaired) electrons. The minimum Gasteiger partial charge on any atom is -0.246 e. The first-order chi connectivity index (χ1) is 20.2. The molecule has 4 aromatic carbocycles. The zero-order chi connectivity index (χ0) is 27.6. The van der Waals surface area contributed by atoms with E-state index in [1.165, 1.54) is 44.5 Å². The molecule has 0 saturated heterocycles. The lowest BCUT2D eigenvalue weighted by Crippen LogP contribution is -2.26. The van der Waals surface area contributed by atoms with Gasteiger partial charge in [-0.3, -0.25) is 0 Å². The van der Waals surface area contributed by atoms with E-state index in [-0.39, 0.29) is 0 Å². The number of hydrogen-bond donors (Lipinski definition) is 0. The van der Waals surface area contributed by atoms with Gasteiger partial charge in [-0.25, -0.2) is 9.97 Å². The van der Waals surface area contributed by atoms with Gasteiger partial charge in [0.25, 0.3) is 0 Å². The Hall–Kier alpha value is -5.84. The number of fused-ring (bicyclic) bond motifs is 10. The summed E-state index contributed by atoms with van der Waals surface area (Å²) in [6.07, 6.45) is 3.39. The number of nitrogens with zero attached hydrogens (tertiary/aromatic N) is 4. The Labute approximate surface area is 237 Å². The van der Waals surface area contributed by atoms with Crippen LogP contribution in [-0.4, -0.2) is 9.97 Å². The third-order valence-electron chi connectivity index (χ3n) is 8.51. The van der Waals surface area contributed by atoms with Crippen LogP contribution in [0, 0.1) is 22.7 Å². The van der Waals surface area contributed by atoms with Gasteiger partial charge in [0.2, 0.25) is 0 Å². The van der Waals surface area contributed by atoms with Crippen molar-refractivity contribution in [3.8, 4) is 56.6 Å². The van der Waals surface area contributed by atoms with Gasteiger partial charge >= 0.3 is 0 Å². The van der Waals surface area contributed by atoms with Gasteiger partial charge in [-0.15, -0.1) is 0 Å². The molecule has 0 saturated carbocycles. The van der Waals surface area contributed by atoms with E-state index in [1.54, 1.807) is 12.4 Å². The second-order valence-electron chi connectivity index (χ2n) is 10.4. The normalized spacial score (nSPS) is 13.0. The lowest BCUT2D eigenvalue weighted by molar-refractivity contribution is 0.794. The Balaban J connectivity index is 1.46. The van der Waals surface area contributed by atoms with Crippen molar-refractivity contribution in [2.75, 3.05) is 0 Å². The summed E-state index contributed by atoms with van der Waals surface area (Å²) in [5.74, 6) is 0. The Morgan fingerprint density at radius 1 is 0.439 bits per heavy atom. The maximum atomic E-state index is 9.49. The largest absolute Gasteiger partial charge is 0.246 e. The van der Waals surface area contributed by atoms with E-state index in [4.69, 9.17) is 0 Å². The fourth-order valence-corrected chi connectivity index (χ4v) is 6.84. The van der Waals surface area contributed by atoms with Crippen molar-refractivity contribution in [3.63, 3.8) is 0 Å². The minimum atomic E-state index is -0.514. The second-order valence-corrected chi connectivity index (χ2v) is 10.4. The van der Waals surface area contributed by atoms with Gasteiger partial charge in [0.05, 0.1) is 5.41 Å². The van der Waals surface area contributed by atoms with E-state index >= 15 is 0 Å². The molecule has 0 fully saturated rings. The zero-order valence-electron chi connectivity index (χ0n) is 21.8. The molecule has 0 bridgehead atoms. The molecule has 0 aliphatic heterocycles. The molecular formula is C37H20N4. The Kier molecular flexibility index (Phi) is 4.83. The van der Waals surface area contributed by atoms with Crippen molar-refractivity contribution in [3.05, 3.63) is 155 Å². The monoisotopic (exact) mass is 520 g/mol. The molecule has 41 heavy (non-hydrogen) atoms. The first kappa shape index (κ1) is 23.1. The van der Waals surface area contributed by atoms with E-state index < -0.39 is 5.41 Å². The smallest absolute Gasteiger partial charge is 0.141 e. The van der Waals surface area contributed by atoms with Crippen molar-refractivity contribution >= 4 is 0 Å². The maximum Gasteiger partial charge on any atom is 0.141 e. The summed E-state index contributed by atoms with van der Waals surface area (Å²) in [6.45, 7) is 0. The Morgan fingerprint density at radius 3 is 1.32 bits per heavy atom. The number of hydrogen-bond acceptors (Lipinski definition) is 4. The molecule has 0 unspecified atom stereocenters. The molecule has 0 N–H and O–H groups in total. The Bertz CT molecular complexity index is 1990. The topological polar surface area (TPSA) is 73.4 Å². The molecule has 2 aliphatic carbocycles. The van der Waals surface area contributed by atoms with Gasteiger partial charge in [0.1, 0.15) is 23.5 Å². The molecule has 4 nitrogen and oxygen atoms in total. The van der Waals surface area contributed by atoms with Crippen molar-refractivity contribution in [1.29, 1.82) is 10.5 Å². The molecule has 2 aromatic heterocycles. The number of pyridine rings is 2. The molecular weight excluding hydrogens is 500 g/mol. The van der Waals surface area contributed by atoms with Gasteiger partial charge in [0.15, 0.2) is 0 Å². The van der Waals surface area contributed by atoms with Gasteiger partial charge in [-0.2, -0.15) is 10.5 Å². The summed E-state index contributed by atoms with van der Waals surface area (Å²) in [6, 6.07) is 42.7. The van der Waals surface area contributed by atoms with Crippen LogP contribution in [-0.2, 0) is 5.41 Å². The van der Waals surface area contributed by atoms with Crippen molar-refractivity contribution in [2.45, 2.75) is 5.41 Å². The van der Waals surface area contributed by atoms with Gasteiger partial charge in [0, 0.05) is 12.4 Å². The second kappa shape index (κ2) is 8.58. The van der Waals surface area contributed by atoms with Crippen LogP contribution in [0.1, 0.15) is 33.6 Å². The lowest BCUT2D eigenvalue weighted by atomic mass is 9.70. The van der Waals surface area contributed by atoms with E-state index in [1.807, 2.05) is 24.3 Å². The standard InChI is InChI=1S/C37H20N4/c38-21-27-17-25(13-15-40-27)23-9-11-31-32-12-10-24(26-14-16-41-28(18-26)22-39)20-36(32)37(35(31)19-23)33-7-3-1-5-29(33)30-6-2-4-8-34(30)37/h1-20H. The summed E-state index contributed by atoms with van der Waals surface area (Å²) in [5, 5.41) is 19.0. The molecule has 4 heteroatoms. The van der Waals surface area contributed by atoms with Crippen molar-refractivity contribution in [1.82, 2.24) is 9.97 Å². The van der Waals surface area contributed by atoms with Crippen LogP contribution >= 0.6 is 0 Å². The van der Waals surface area contributed by atoms with Crippen LogP contribution in [0.5, 0.6) is 0 Å². The predicted octanol–water partition coefficient (Wildman–Crippen LogP) is 7.90. The number of aromatic nitrogens is 2. The first-order valence-corrected chi connectivity index (χ1v) is 13.4. The van der Waals surface area contributed by atoms with E-state index in [2.05, 4.69) is 107 Å². The summed E-state index contributed by atoms with van der Waals surface area (Å²) in [4.78, 5) is 8.37. The van der Waals surface area contributed by atoms with E-state index in [0.717, 1.165) is 22.3 Å². The van der Waals surface area contributed by atoms with Crippen molar-refractivity contribution in [2.24, 2.45) is 0 Å². The number of benzene rings is 4. The van der Waals surface area contributed by atoms with Crippen LogP contribution in [0.2, 0.25) is 0 Å². The highest BCUT2D eigenvalue weighted by molar-refractivity contribution is 5.96. The summed E-state index contributed by atoms with van der Waals surface area (Å²) >= 11 is 0. The maximum absolute atomic E-state index is 9.49. The molecule has 0 amide bonds. The molecule has 0 atom stereocenters. The molecule has 2 aliphatic rings. The molecule has 188 valence electrons. The summed E-state index contributed by atoms with van der Waals surface area (Å²) in [5.41, 5.74) is 14.1. The third kappa shape index (κ3) is 3.13. The fraction of sp³-hybridized carbons (Fsp3) is 0.0270. The molecule has 1 spiro atoms. The van der Waals surface area contributed by atoms with Crippen LogP contribution in [0.25, 0.3) is 44.5 Å². The fourth-order valence-electron chi connectivity index (χ4n) is 6.84. The SMILES string of the molecule is N#Cc1cc(-c2ccc3c(c2)C2(c4ccccc4-c4ccccc42)c2cc(-c4ccnc(C#N)c4)ccc2-3)ccn1. The van der Waals surface area contributed by atoms with Gasteiger partial charge in [-0.05, 0) is 103 Å². The number of rotatable bonds is 2. The molecule has 2 heterocycles. The Morgan fingerprint density at radius 2 is 0.854 bits per heavy atom. The van der Waals surface area contributed by atoms with Gasteiger partial charge < -0.3 is 0 Å². The third-order valence-corrected chi connectivity index (χ3v) is 8.51. The lowest BCUT2D eigenvalue weighted by Gasteiger charge is -2.31. The molecule has 6 aromatic rings. The van der Waals surface area contributed by atoms with Crippen LogP contribution in [0.3, 0.4) is 0 Å². The van der Waals surface area contributed by atoms with E-state index in [9.17, 15) is 10.5 Å². The first-order valence-electron chi connectivity index (χ1n) is 13.4. The highest BCUT2D eigenvalue weighted by Crippen LogP contribution is 2.63. The average Bonchev–Trinajstić information content (AvgIpc) is 3.51. The summed E-state index contributed by atoms with van der Waals surface area (Å²) in [7, 11) is 0. The minimum absolute atomic E-state index is 0.399. The van der Waals surface area contributed by atoms with Crippen LogP contribution in [0.15, 0.2) is 122 Å². The van der Waals surface area contributed by atoms with Crippen LogP contribution < -0.4 is 0 Å².